The number of amides is 1. The van der Waals surface area contributed by atoms with Crippen LogP contribution in [0.15, 0.2) is 0 Å². The Balaban J connectivity index is 2.52. The standard InChI is InChI=1S/C13H24N2O4/c1-5-18-10(16)8-13(14)6-7-15(9-13)11(17)19-12(2,3)4/h5-9,14H2,1-4H3. The summed E-state index contributed by atoms with van der Waals surface area (Å²) in [5.74, 6) is -0.323. The molecular formula is C13H24N2O4. The van der Waals surface area contributed by atoms with Crippen LogP contribution < -0.4 is 5.73 Å². The van der Waals surface area contributed by atoms with Crippen LogP contribution in [-0.2, 0) is 14.3 Å². The van der Waals surface area contributed by atoms with E-state index in [1.165, 1.54) is 0 Å². The lowest BCUT2D eigenvalue weighted by Gasteiger charge is -2.26. The zero-order valence-electron chi connectivity index (χ0n) is 12.2. The van der Waals surface area contributed by atoms with Gasteiger partial charge in [-0.15, -0.1) is 0 Å². The number of nitrogens with zero attached hydrogens (tertiary/aromatic N) is 1. The zero-order chi connectivity index (χ0) is 14.7. The molecule has 1 unspecified atom stereocenters. The fraction of sp³-hybridized carbons (Fsp3) is 0.846. The van der Waals surface area contributed by atoms with Gasteiger partial charge in [-0.2, -0.15) is 0 Å². The number of esters is 1. The highest BCUT2D eigenvalue weighted by Gasteiger charge is 2.40. The van der Waals surface area contributed by atoms with E-state index in [2.05, 4.69) is 0 Å². The summed E-state index contributed by atoms with van der Waals surface area (Å²) in [5.41, 5.74) is 4.90. The first-order valence-electron chi connectivity index (χ1n) is 6.58. The number of ether oxygens (including phenoxy) is 2. The Kier molecular flexibility index (Phi) is 4.79. The summed E-state index contributed by atoms with van der Waals surface area (Å²) in [4.78, 5) is 24.9. The fourth-order valence-corrected chi connectivity index (χ4v) is 2.02. The van der Waals surface area contributed by atoms with Gasteiger partial charge in [-0.05, 0) is 34.1 Å². The molecule has 1 amide bonds. The van der Waals surface area contributed by atoms with Gasteiger partial charge >= 0.3 is 12.1 Å². The van der Waals surface area contributed by atoms with Gasteiger partial charge in [0.15, 0.2) is 0 Å². The monoisotopic (exact) mass is 272 g/mol. The molecule has 0 spiro atoms. The molecule has 0 aromatic heterocycles. The number of hydrogen-bond donors (Lipinski definition) is 1. The Labute approximate surface area is 114 Å². The van der Waals surface area contributed by atoms with E-state index in [4.69, 9.17) is 15.2 Å². The summed E-state index contributed by atoms with van der Waals surface area (Å²) >= 11 is 0. The first-order chi connectivity index (χ1) is 8.65. The van der Waals surface area contributed by atoms with Crippen molar-refractivity contribution in [1.29, 1.82) is 0 Å². The molecule has 0 saturated carbocycles. The van der Waals surface area contributed by atoms with Gasteiger partial charge in [-0.3, -0.25) is 4.79 Å². The summed E-state index contributed by atoms with van der Waals surface area (Å²) in [6.07, 6.45) is 0.314. The molecule has 19 heavy (non-hydrogen) atoms. The third-order valence-corrected chi connectivity index (χ3v) is 2.84. The third-order valence-electron chi connectivity index (χ3n) is 2.84. The fourth-order valence-electron chi connectivity index (χ4n) is 2.02. The van der Waals surface area contributed by atoms with Crippen molar-refractivity contribution in [1.82, 2.24) is 4.90 Å². The van der Waals surface area contributed by atoms with Crippen LogP contribution in [0.4, 0.5) is 4.79 Å². The summed E-state index contributed by atoms with van der Waals surface area (Å²) < 4.78 is 10.2. The molecule has 6 nitrogen and oxygen atoms in total. The van der Waals surface area contributed by atoms with Crippen LogP contribution >= 0.6 is 0 Å². The Hall–Kier alpha value is -1.30. The van der Waals surface area contributed by atoms with Gasteiger partial charge in [0, 0.05) is 18.6 Å². The van der Waals surface area contributed by atoms with Crippen molar-refractivity contribution in [2.24, 2.45) is 5.73 Å². The third kappa shape index (κ3) is 5.06. The minimum Gasteiger partial charge on any atom is -0.466 e. The van der Waals surface area contributed by atoms with Gasteiger partial charge in [0.25, 0.3) is 0 Å². The van der Waals surface area contributed by atoms with Crippen LogP contribution in [0.25, 0.3) is 0 Å². The van der Waals surface area contributed by atoms with Crippen LogP contribution in [0.2, 0.25) is 0 Å². The first kappa shape index (κ1) is 15.8. The van der Waals surface area contributed by atoms with Gasteiger partial charge in [0.05, 0.1) is 13.0 Å². The summed E-state index contributed by atoms with van der Waals surface area (Å²) in [6.45, 7) is 8.36. The molecule has 1 rings (SSSR count). The van der Waals surface area contributed by atoms with Crippen LogP contribution in [0, 0.1) is 0 Å². The lowest BCUT2D eigenvalue weighted by Crippen LogP contribution is -2.46. The average molecular weight is 272 g/mol. The highest BCUT2D eigenvalue weighted by atomic mass is 16.6. The molecule has 1 aliphatic heterocycles. The molecule has 1 aliphatic rings. The zero-order valence-corrected chi connectivity index (χ0v) is 12.2. The molecule has 2 N–H and O–H groups in total. The normalized spacial score (nSPS) is 23.3. The first-order valence-corrected chi connectivity index (χ1v) is 6.58. The van der Waals surface area contributed by atoms with E-state index < -0.39 is 11.1 Å². The molecule has 0 aromatic carbocycles. The van der Waals surface area contributed by atoms with Gasteiger partial charge in [-0.1, -0.05) is 0 Å². The van der Waals surface area contributed by atoms with Gasteiger partial charge < -0.3 is 20.1 Å². The van der Waals surface area contributed by atoms with E-state index in [1.807, 2.05) is 20.8 Å². The summed E-state index contributed by atoms with van der Waals surface area (Å²) in [5, 5.41) is 0. The van der Waals surface area contributed by atoms with Crippen LogP contribution in [0.5, 0.6) is 0 Å². The SMILES string of the molecule is CCOC(=O)CC1(N)CCN(C(=O)OC(C)(C)C)C1. The highest BCUT2D eigenvalue weighted by Crippen LogP contribution is 2.24. The van der Waals surface area contributed by atoms with E-state index in [-0.39, 0.29) is 18.5 Å². The molecule has 0 aliphatic carbocycles. The van der Waals surface area contributed by atoms with Crippen molar-refractivity contribution < 1.29 is 19.1 Å². The molecule has 1 fully saturated rings. The molecule has 0 radical (unpaired) electrons. The molecule has 1 heterocycles. The molecule has 1 atom stereocenters. The van der Waals surface area contributed by atoms with Crippen LogP contribution in [0.3, 0.4) is 0 Å². The lowest BCUT2D eigenvalue weighted by atomic mass is 9.96. The van der Waals surface area contributed by atoms with Crippen LogP contribution in [0.1, 0.15) is 40.5 Å². The van der Waals surface area contributed by atoms with Crippen molar-refractivity contribution >= 4 is 12.1 Å². The van der Waals surface area contributed by atoms with Gasteiger partial charge in [0.2, 0.25) is 0 Å². The average Bonchev–Trinajstić information content (AvgIpc) is 2.58. The van der Waals surface area contributed by atoms with Crippen LogP contribution in [-0.4, -0.2) is 47.8 Å². The predicted octanol–water partition coefficient (Wildman–Crippen LogP) is 1.28. The lowest BCUT2D eigenvalue weighted by molar-refractivity contribution is -0.144. The Bertz CT molecular complexity index is 351. The number of hydrogen-bond acceptors (Lipinski definition) is 5. The summed E-state index contributed by atoms with van der Waals surface area (Å²) in [6, 6.07) is 0. The van der Waals surface area contributed by atoms with E-state index in [0.717, 1.165) is 0 Å². The van der Waals surface area contributed by atoms with Gasteiger partial charge in [-0.25, -0.2) is 4.79 Å². The molecule has 0 aromatic rings. The van der Waals surface area contributed by atoms with E-state index >= 15 is 0 Å². The predicted molar refractivity (Wildman–Crippen MR) is 70.6 cm³/mol. The second kappa shape index (κ2) is 5.77. The number of rotatable bonds is 3. The second-order valence-corrected chi connectivity index (χ2v) is 6.00. The number of carbonyl (C=O) groups excluding carboxylic acids is 2. The van der Waals surface area contributed by atoms with E-state index in [0.29, 0.717) is 26.1 Å². The quantitative estimate of drug-likeness (QED) is 0.783. The molecule has 110 valence electrons. The molecule has 1 saturated heterocycles. The Morgan fingerprint density at radius 3 is 2.53 bits per heavy atom. The highest BCUT2D eigenvalue weighted by molar-refractivity contribution is 5.72. The van der Waals surface area contributed by atoms with Crippen molar-refractivity contribution in [2.45, 2.75) is 51.7 Å². The maximum atomic E-state index is 11.9. The maximum absolute atomic E-state index is 11.9. The Morgan fingerprint density at radius 1 is 1.37 bits per heavy atom. The second-order valence-electron chi connectivity index (χ2n) is 6.00. The van der Waals surface area contributed by atoms with Crippen molar-refractivity contribution in [3.63, 3.8) is 0 Å². The summed E-state index contributed by atoms with van der Waals surface area (Å²) in [7, 11) is 0. The topological polar surface area (TPSA) is 81.9 Å². The number of carbonyl (C=O) groups is 2. The minimum atomic E-state index is -0.705. The van der Waals surface area contributed by atoms with Crippen molar-refractivity contribution in [2.75, 3.05) is 19.7 Å². The smallest absolute Gasteiger partial charge is 0.410 e. The number of nitrogens with two attached hydrogens (primary N) is 1. The Morgan fingerprint density at radius 2 is 2.00 bits per heavy atom. The van der Waals surface area contributed by atoms with Crippen molar-refractivity contribution in [3.8, 4) is 0 Å². The van der Waals surface area contributed by atoms with E-state index in [1.54, 1.807) is 11.8 Å². The van der Waals surface area contributed by atoms with Crippen molar-refractivity contribution in [3.05, 3.63) is 0 Å². The molecular weight excluding hydrogens is 248 g/mol. The maximum Gasteiger partial charge on any atom is 0.410 e. The number of likely N-dealkylation sites (tertiary alicyclic amines) is 1. The van der Waals surface area contributed by atoms with E-state index in [9.17, 15) is 9.59 Å². The van der Waals surface area contributed by atoms with Gasteiger partial charge in [0.1, 0.15) is 5.60 Å². The molecule has 6 heteroatoms. The minimum absolute atomic E-state index is 0.125. The molecule has 0 bridgehead atoms. The largest absolute Gasteiger partial charge is 0.466 e.